The number of aryl methyl sites for hydroxylation is 1. The largest absolute Gasteiger partial charge is 0.475 e. The first-order valence-electron chi connectivity index (χ1n) is 8.68. The fraction of sp³-hybridized carbons (Fsp3) is 0.333. The van der Waals surface area contributed by atoms with Gasteiger partial charge in [0.2, 0.25) is 5.82 Å². The summed E-state index contributed by atoms with van der Waals surface area (Å²) in [5.74, 6) is -2.70. The average Bonchev–Trinajstić information content (AvgIpc) is 3.18. The van der Waals surface area contributed by atoms with E-state index in [-0.39, 0.29) is 24.6 Å². The summed E-state index contributed by atoms with van der Waals surface area (Å²) in [5.41, 5.74) is 0.765. The van der Waals surface area contributed by atoms with Gasteiger partial charge in [0.15, 0.2) is 10.7 Å². The lowest BCUT2D eigenvalue weighted by atomic mass is 10.3. The number of aromatic nitrogens is 3. The van der Waals surface area contributed by atoms with Gasteiger partial charge in [0.1, 0.15) is 0 Å². The van der Waals surface area contributed by atoms with Crippen LogP contribution < -0.4 is 5.32 Å². The highest BCUT2D eigenvalue weighted by Gasteiger charge is 2.21. The van der Waals surface area contributed by atoms with E-state index in [2.05, 4.69) is 20.3 Å². The molecule has 0 unspecified atom stereocenters. The Bertz CT molecular complexity index is 818. The number of hydrogen-bond donors (Lipinski definition) is 2. The van der Waals surface area contributed by atoms with Crippen LogP contribution in [0.4, 0.5) is 5.13 Å². The number of aromatic carboxylic acids is 1. The smallest absolute Gasteiger partial charge is 0.373 e. The van der Waals surface area contributed by atoms with Gasteiger partial charge in [0.05, 0.1) is 18.9 Å². The van der Waals surface area contributed by atoms with E-state index in [4.69, 9.17) is 14.6 Å². The molecule has 2 N–H and O–H groups in total. The first-order chi connectivity index (χ1) is 13.9. The Morgan fingerprint density at radius 3 is 2.10 bits per heavy atom. The van der Waals surface area contributed by atoms with Gasteiger partial charge < -0.3 is 19.9 Å². The Morgan fingerprint density at radius 2 is 1.69 bits per heavy atom. The molecular formula is C18H22N4O6S. The van der Waals surface area contributed by atoms with Crippen molar-refractivity contribution >= 4 is 34.4 Å². The van der Waals surface area contributed by atoms with E-state index in [0.29, 0.717) is 5.13 Å². The van der Waals surface area contributed by atoms with Crippen molar-refractivity contribution in [3.63, 3.8) is 0 Å². The molecule has 10 nitrogen and oxygen atoms in total. The predicted octanol–water partition coefficient (Wildman–Crippen LogP) is 2.30. The van der Waals surface area contributed by atoms with Crippen molar-refractivity contribution in [1.82, 2.24) is 15.0 Å². The molecule has 0 saturated heterocycles. The zero-order valence-corrected chi connectivity index (χ0v) is 17.1. The first-order valence-corrected chi connectivity index (χ1v) is 9.56. The van der Waals surface area contributed by atoms with Gasteiger partial charge in [0, 0.05) is 24.0 Å². The molecule has 2 aromatic rings. The number of carbonyl (C=O) groups excluding carboxylic acids is 2. The molecular weight excluding hydrogens is 400 g/mol. The highest BCUT2D eigenvalue weighted by Crippen LogP contribution is 2.16. The lowest BCUT2D eigenvalue weighted by Crippen LogP contribution is -2.19. The van der Waals surface area contributed by atoms with Crippen LogP contribution in [0.2, 0.25) is 0 Å². The van der Waals surface area contributed by atoms with Crippen LogP contribution in [-0.4, -0.2) is 51.2 Å². The van der Waals surface area contributed by atoms with E-state index in [9.17, 15) is 14.4 Å². The minimum absolute atomic E-state index is 0.169. The Kier molecular flexibility index (Phi) is 10.6. The van der Waals surface area contributed by atoms with Gasteiger partial charge in [-0.3, -0.25) is 0 Å². The first kappa shape index (κ1) is 23.7. The molecule has 0 atom stereocenters. The molecule has 0 radical (unpaired) electrons. The molecule has 0 aromatic carbocycles. The number of carboxylic acid groups (broad SMARTS) is 1. The second kappa shape index (κ2) is 12.9. The minimum atomic E-state index is -1.10. The van der Waals surface area contributed by atoms with E-state index >= 15 is 0 Å². The number of nitrogens with one attached hydrogen (secondary N) is 1. The number of hydrogen-bond acceptors (Lipinski definition) is 10. The summed E-state index contributed by atoms with van der Waals surface area (Å²) in [6.07, 6.45) is 4.87. The van der Waals surface area contributed by atoms with Crippen molar-refractivity contribution in [1.29, 1.82) is 0 Å². The van der Waals surface area contributed by atoms with Gasteiger partial charge in [-0.2, -0.15) is 0 Å². The van der Waals surface area contributed by atoms with Gasteiger partial charge >= 0.3 is 17.9 Å². The number of rotatable bonds is 8. The third-order valence-corrected chi connectivity index (χ3v) is 3.82. The lowest BCUT2D eigenvalue weighted by Gasteiger charge is -2.06. The molecule has 0 aliphatic heterocycles. The predicted molar refractivity (Wildman–Crippen MR) is 105 cm³/mol. The summed E-state index contributed by atoms with van der Waals surface area (Å²) in [4.78, 5) is 44.7. The summed E-state index contributed by atoms with van der Waals surface area (Å²) < 4.78 is 9.64. The van der Waals surface area contributed by atoms with Gasteiger partial charge in [-0.15, -0.1) is 11.3 Å². The van der Waals surface area contributed by atoms with Crippen LogP contribution in [0.25, 0.3) is 0 Å². The maximum absolute atomic E-state index is 11.7. The molecule has 29 heavy (non-hydrogen) atoms. The van der Waals surface area contributed by atoms with E-state index in [1.54, 1.807) is 19.9 Å². The van der Waals surface area contributed by atoms with Crippen LogP contribution in [0.5, 0.6) is 0 Å². The highest BCUT2D eigenvalue weighted by molar-refractivity contribution is 7.13. The minimum Gasteiger partial charge on any atom is -0.475 e. The molecule has 156 valence electrons. The van der Waals surface area contributed by atoms with Crippen LogP contribution in [0.15, 0.2) is 35.6 Å². The second-order valence-corrected chi connectivity index (χ2v) is 5.88. The second-order valence-electron chi connectivity index (χ2n) is 5.02. The number of carboxylic acids is 1. The quantitative estimate of drug-likeness (QED) is 0.282. The normalized spacial score (nSPS) is 9.48. The maximum Gasteiger partial charge on any atom is 0.373 e. The Balaban J connectivity index is 0.000000387. The Hall–Kier alpha value is -3.34. The summed E-state index contributed by atoms with van der Waals surface area (Å²) in [6, 6.07) is 1.56. The third kappa shape index (κ3) is 8.47. The van der Waals surface area contributed by atoms with Crippen molar-refractivity contribution in [3.8, 4) is 0 Å². The molecule has 0 saturated carbocycles. The molecule has 0 spiro atoms. The third-order valence-electron chi connectivity index (χ3n) is 3.00. The molecule has 0 fully saturated rings. The molecule has 0 bridgehead atoms. The van der Waals surface area contributed by atoms with Crippen LogP contribution in [-0.2, 0) is 25.5 Å². The SMILES string of the molecule is CCOC(=O)C(=CNc1nc(CC)cs1)C(=O)OCC.O=C(O)c1ncccn1. The van der Waals surface area contributed by atoms with Crippen molar-refractivity contribution in [2.24, 2.45) is 0 Å². The fourth-order valence-electron chi connectivity index (χ4n) is 1.70. The number of anilines is 1. The number of esters is 2. The summed E-state index contributed by atoms with van der Waals surface area (Å²) in [6.45, 7) is 5.71. The number of carbonyl (C=O) groups is 3. The van der Waals surface area contributed by atoms with Gasteiger partial charge in [-0.25, -0.2) is 29.3 Å². The molecule has 2 rings (SSSR count). The van der Waals surface area contributed by atoms with Crippen LogP contribution in [0, 0.1) is 0 Å². The molecule has 0 aliphatic carbocycles. The molecule has 0 aliphatic rings. The highest BCUT2D eigenvalue weighted by atomic mass is 32.1. The van der Waals surface area contributed by atoms with Crippen LogP contribution >= 0.6 is 11.3 Å². The monoisotopic (exact) mass is 422 g/mol. The number of ether oxygens (including phenoxy) is 2. The van der Waals surface area contributed by atoms with Gasteiger partial charge in [-0.1, -0.05) is 6.92 Å². The van der Waals surface area contributed by atoms with Gasteiger partial charge in [-0.05, 0) is 26.3 Å². The van der Waals surface area contributed by atoms with E-state index in [1.807, 2.05) is 12.3 Å². The summed E-state index contributed by atoms with van der Waals surface area (Å²) in [5, 5.41) is 13.6. The molecule has 2 heterocycles. The topological polar surface area (TPSA) is 141 Å². The van der Waals surface area contributed by atoms with Crippen molar-refractivity contribution < 1.29 is 29.0 Å². The Labute approximate surface area is 171 Å². The average molecular weight is 422 g/mol. The number of nitrogens with zero attached hydrogens (tertiary/aromatic N) is 3. The number of thiazole rings is 1. The lowest BCUT2D eigenvalue weighted by molar-refractivity contribution is -0.146. The standard InChI is InChI=1S/C13H18N2O4S.C5H4N2O2/c1-4-9-8-20-13(15-9)14-7-10(11(16)18-5-2)12(17)19-6-3;8-5(9)4-6-2-1-3-7-4/h7-8H,4-6H2,1-3H3,(H,14,15);1-3H,(H,8,9). The van der Waals surface area contributed by atoms with Crippen molar-refractivity contribution in [2.45, 2.75) is 27.2 Å². The van der Waals surface area contributed by atoms with E-state index < -0.39 is 17.9 Å². The van der Waals surface area contributed by atoms with Gasteiger partial charge in [0.25, 0.3) is 0 Å². The van der Waals surface area contributed by atoms with Crippen molar-refractivity contribution in [3.05, 3.63) is 47.1 Å². The van der Waals surface area contributed by atoms with Crippen LogP contribution in [0.3, 0.4) is 0 Å². The summed E-state index contributed by atoms with van der Waals surface area (Å²) in [7, 11) is 0. The van der Waals surface area contributed by atoms with E-state index in [1.165, 1.54) is 29.9 Å². The summed E-state index contributed by atoms with van der Waals surface area (Å²) >= 11 is 1.40. The zero-order valence-electron chi connectivity index (χ0n) is 16.2. The van der Waals surface area contributed by atoms with Crippen molar-refractivity contribution in [2.75, 3.05) is 18.5 Å². The zero-order chi connectivity index (χ0) is 21.6. The fourth-order valence-corrected chi connectivity index (χ4v) is 2.46. The van der Waals surface area contributed by atoms with E-state index in [0.717, 1.165) is 12.1 Å². The molecule has 11 heteroatoms. The maximum atomic E-state index is 11.7. The molecule has 0 amide bonds. The van der Waals surface area contributed by atoms with Crippen LogP contribution in [0.1, 0.15) is 37.1 Å². The molecule has 2 aromatic heterocycles. The Morgan fingerprint density at radius 1 is 1.10 bits per heavy atom.